The van der Waals surface area contributed by atoms with Crippen molar-refractivity contribution in [3.63, 3.8) is 0 Å². The van der Waals surface area contributed by atoms with Gasteiger partial charge in [-0.05, 0) is 0 Å². The number of rotatable bonds is 3. The maximum atomic E-state index is 11.0. The minimum atomic E-state index is -2.81. The molecule has 0 saturated carbocycles. The maximum absolute atomic E-state index is 11.0. The van der Waals surface area contributed by atoms with Crippen molar-refractivity contribution in [2.24, 2.45) is 5.73 Å². The van der Waals surface area contributed by atoms with Crippen molar-refractivity contribution < 1.29 is 13.5 Å². The highest BCUT2D eigenvalue weighted by molar-refractivity contribution is 7.91. The Bertz CT molecular complexity index is 238. The summed E-state index contributed by atoms with van der Waals surface area (Å²) in [6, 6.07) is 0. The van der Waals surface area contributed by atoms with E-state index in [2.05, 4.69) is 0 Å². The third-order valence-electron chi connectivity index (χ3n) is 2.18. The Morgan fingerprint density at radius 1 is 1.38 bits per heavy atom. The van der Waals surface area contributed by atoms with Crippen molar-refractivity contribution >= 4 is 9.84 Å². The molecule has 0 radical (unpaired) electrons. The summed E-state index contributed by atoms with van der Waals surface area (Å²) in [7, 11) is -2.81. The molecule has 0 bridgehead atoms. The molecule has 6 heteroatoms. The number of β-amino-alcohol motifs (C(OH)–C–C–N with tert-alkyl or cyclic N) is 1. The highest BCUT2D eigenvalue weighted by Crippen LogP contribution is 2.03. The molecule has 1 aliphatic heterocycles. The molecule has 78 valence electrons. The zero-order valence-corrected chi connectivity index (χ0v) is 8.33. The van der Waals surface area contributed by atoms with Crippen molar-refractivity contribution in [2.75, 3.05) is 37.7 Å². The number of nitrogens with two attached hydrogens (primary N) is 1. The molecule has 1 rings (SSSR count). The van der Waals surface area contributed by atoms with Crippen LogP contribution in [0.25, 0.3) is 0 Å². The minimum absolute atomic E-state index is 0.199. The van der Waals surface area contributed by atoms with Gasteiger partial charge in [-0.2, -0.15) is 0 Å². The van der Waals surface area contributed by atoms with Crippen LogP contribution in [0.3, 0.4) is 0 Å². The van der Waals surface area contributed by atoms with Gasteiger partial charge in [0.1, 0.15) is 0 Å². The molecule has 1 atom stereocenters. The van der Waals surface area contributed by atoms with Crippen LogP contribution < -0.4 is 5.73 Å². The summed E-state index contributed by atoms with van der Waals surface area (Å²) < 4.78 is 22.1. The summed E-state index contributed by atoms with van der Waals surface area (Å²) in [6.07, 6.45) is -0.541. The second-order valence-corrected chi connectivity index (χ2v) is 5.65. The monoisotopic (exact) mass is 208 g/mol. The summed E-state index contributed by atoms with van der Waals surface area (Å²) in [5.74, 6) is 0.397. The van der Waals surface area contributed by atoms with E-state index in [1.54, 1.807) is 0 Å². The fraction of sp³-hybridized carbons (Fsp3) is 1.00. The summed E-state index contributed by atoms with van der Waals surface area (Å²) in [5.41, 5.74) is 5.25. The molecule has 1 aliphatic rings. The van der Waals surface area contributed by atoms with Crippen LogP contribution in [0, 0.1) is 0 Å². The van der Waals surface area contributed by atoms with E-state index in [1.165, 1.54) is 0 Å². The number of aliphatic hydroxyl groups excluding tert-OH is 1. The minimum Gasteiger partial charge on any atom is -0.390 e. The predicted molar refractivity (Wildman–Crippen MR) is 50.2 cm³/mol. The van der Waals surface area contributed by atoms with Crippen molar-refractivity contribution in [1.82, 2.24) is 4.90 Å². The Morgan fingerprint density at radius 2 is 1.92 bits per heavy atom. The largest absolute Gasteiger partial charge is 0.390 e. The molecule has 3 N–H and O–H groups in total. The molecule has 0 aromatic heterocycles. The number of nitrogens with zero attached hydrogens (tertiary/aromatic N) is 1. The Morgan fingerprint density at radius 3 is 2.38 bits per heavy atom. The van der Waals surface area contributed by atoms with E-state index >= 15 is 0 Å². The average Bonchev–Trinajstić information content (AvgIpc) is 2.08. The quantitative estimate of drug-likeness (QED) is 0.562. The van der Waals surface area contributed by atoms with Gasteiger partial charge in [-0.1, -0.05) is 0 Å². The number of aliphatic hydroxyl groups is 1. The number of sulfone groups is 1. The van der Waals surface area contributed by atoms with Gasteiger partial charge in [0.15, 0.2) is 9.84 Å². The van der Waals surface area contributed by atoms with Gasteiger partial charge < -0.3 is 10.8 Å². The fourth-order valence-corrected chi connectivity index (χ4v) is 2.58. The first-order valence-electron chi connectivity index (χ1n) is 4.34. The molecule has 0 aliphatic carbocycles. The normalized spacial score (nSPS) is 25.7. The van der Waals surface area contributed by atoms with E-state index in [4.69, 9.17) is 5.73 Å². The molecule has 13 heavy (non-hydrogen) atoms. The van der Waals surface area contributed by atoms with Crippen LogP contribution in [-0.2, 0) is 9.84 Å². The third kappa shape index (κ3) is 3.60. The van der Waals surface area contributed by atoms with Gasteiger partial charge >= 0.3 is 0 Å². The van der Waals surface area contributed by atoms with Crippen LogP contribution in [-0.4, -0.2) is 62.2 Å². The van der Waals surface area contributed by atoms with Crippen LogP contribution in [0.2, 0.25) is 0 Å². The van der Waals surface area contributed by atoms with Crippen LogP contribution >= 0.6 is 0 Å². The lowest BCUT2D eigenvalue weighted by Gasteiger charge is -2.27. The topological polar surface area (TPSA) is 83.6 Å². The van der Waals surface area contributed by atoms with Crippen LogP contribution in [0.15, 0.2) is 0 Å². The molecule has 0 aromatic carbocycles. The van der Waals surface area contributed by atoms with Crippen molar-refractivity contribution in [3.05, 3.63) is 0 Å². The Labute approximate surface area is 78.4 Å². The second kappa shape index (κ2) is 4.36. The molecule has 0 spiro atoms. The zero-order valence-electron chi connectivity index (χ0n) is 7.52. The summed E-state index contributed by atoms with van der Waals surface area (Å²) >= 11 is 0. The van der Waals surface area contributed by atoms with E-state index in [0.717, 1.165) is 0 Å². The van der Waals surface area contributed by atoms with Crippen molar-refractivity contribution in [2.45, 2.75) is 6.10 Å². The highest BCUT2D eigenvalue weighted by Gasteiger charge is 2.22. The summed E-state index contributed by atoms with van der Waals surface area (Å²) in [4.78, 5) is 1.93. The molecule has 1 fully saturated rings. The standard InChI is InChI=1S/C7H16N2O3S/c8-5-7(10)6-9-1-3-13(11,12)4-2-9/h7,10H,1-6,8H2/t7-/m1/s1. The Balaban J connectivity index is 2.33. The van der Waals surface area contributed by atoms with Gasteiger partial charge in [0.2, 0.25) is 0 Å². The number of hydrogen-bond donors (Lipinski definition) is 2. The lowest BCUT2D eigenvalue weighted by atomic mass is 10.3. The molecule has 0 amide bonds. The molecule has 0 aromatic rings. The smallest absolute Gasteiger partial charge is 0.152 e. The maximum Gasteiger partial charge on any atom is 0.152 e. The van der Waals surface area contributed by atoms with Crippen molar-refractivity contribution in [3.8, 4) is 0 Å². The first-order valence-corrected chi connectivity index (χ1v) is 6.16. The molecule has 1 saturated heterocycles. The fourth-order valence-electron chi connectivity index (χ4n) is 1.31. The molecule has 1 heterocycles. The lowest BCUT2D eigenvalue weighted by Crippen LogP contribution is -2.45. The van der Waals surface area contributed by atoms with E-state index in [-0.39, 0.29) is 18.1 Å². The van der Waals surface area contributed by atoms with Gasteiger partial charge in [-0.25, -0.2) is 8.42 Å². The average molecular weight is 208 g/mol. The zero-order chi connectivity index (χ0) is 9.90. The molecule has 0 unspecified atom stereocenters. The van der Waals surface area contributed by atoms with Crippen LogP contribution in [0.5, 0.6) is 0 Å². The van der Waals surface area contributed by atoms with Gasteiger partial charge in [0.25, 0.3) is 0 Å². The molecule has 5 nitrogen and oxygen atoms in total. The Hall–Kier alpha value is -0.170. The Kier molecular flexibility index (Phi) is 3.66. The van der Waals surface area contributed by atoms with E-state index in [1.807, 2.05) is 4.90 Å². The van der Waals surface area contributed by atoms with E-state index in [0.29, 0.717) is 19.6 Å². The van der Waals surface area contributed by atoms with E-state index in [9.17, 15) is 13.5 Å². The lowest BCUT2D eigenvalue weighted by molar-refractivity contribution is 0.123. The van der Waals surface area contributed by atoms with Gasteiger partial charge in [-0.3, -0.25) is 4.90 Å². The number of hydrogen-bond acceptors (Lipinski definition) is 5. The summed E-state index contributed by atoms with van der Waals surface area (Å²) in [6.45, 7) is 1.73. The predicted octanol–water partition coefficient (Wildman–Crippen LogP) is -1.96. The second-order valence-electron chi connectivity index (χ2n) is 3.34. The first kappa shape index (κ1) is 10.9. The third-order valence-corrected chi connectivity index (χ3v) is 3.79. The highest BCUT2D eigenvalue weighted by atomic mass is 32.2. The van der Waals surface area contributed by atoms with Crippen LogP contribution in [0.1, 0.15) is 0 Å². The van der Waals surface area contributed by atoms with E-state index < -0.39 is 15.9 Å². The summed E-state index contributed by atoms with van der Waals surface area (Å²) in [5, 5.41) is 9.22. The molecular formula is C7H16N2O3S. The van der Waals surface area contributed by atoms with Crippen LogP contribution in [0.4, 0.5) is 0 Å². The van der Waals surface area contributed by atoms with Crippen molar-refractivity contribution in [1.29, 1.82) is 0 Å². The molecular weight excluding hydrogens is 192 g/mol. The van der Waals surface area contributed by atoms with Gasteiger partial charge in [0, 0.05) is 26.2 Å². The first-order chi connectivity index (χ1) is 6.03. The SMILES string of the molecule is NC[C@@H](O)CN1CCS(=O)(=O)CC1. The van der Waals surface area contributed by atoms with Gasteiger partial charge in [-0.15, -0.1) is 0 Å². The van der Waals surface area contributed by atoms with Gasteiger partial charge in [0.05, 0.1) is 17.6 Å².